The Morgan fingerprint density at radius 3 is 2.67 bits per heavy atom. The van der Waals surface area contributed by atoms with Gasteiger partial charge in [0.2, 0.25) is 11.8 Å². The zero-order chi connectivity index (χ0) is 9.14. The van der Waals surface area contributed by atoms with Gasteiger partial charge in [0.15, 0.2) is 0 Å². The number of rotatable bonds is 1. The second-order valence-electron chi connectivity index (χ2n) is 3.21. The second-order valence-corrected chi connectivity index (χ2v) is 3.21. The zero-order valence-electron chi connectivity index (χ0n) is 7.46. The van der Waals surface area contributed by atoms with E-state index in [4.69, 9.17) is 0 Å². The van der Waals surface area contributed by atoms with Gasteiger partial charge in [0.25, 0.3) is 0 Å². The predicted octanol–water partition coefficient (Wildman–Crippen LogP) is -0.257. The maximum absolute atomic E-state index is 11.3. The van der Waals surface area contributed by atoms with E-state index in [1.54, 1.807) is 4.90 Å². The fraction of sp³-hybridized carbons (Fsp3) is 0.750. The summed E-state index contributed by atoms with van der Waals surface area (Å²) in [5.74, 6) is -0.0256. The Hall–Kier alpha value is -1.06. The van der Waals surface area contributed by atoms with Gasteiger partial charge in [0.05, 0.1) is 6.54 Å². The molecule has 0 aromatic rings. The average molecular weight is 170 g/mol. The summed E-state index contributed by atoms with van der Waals surface area (Å²) in [6.45, 7) is 4.60. The van der Waals surface area contributed by atoms with Gasteiger partial charge in [0.1, 0.15) is 0 Å². The number of carbonyl (C=O) groups is 2. The summed E-state index contributed by atoms with van der Waals surface area (Å²) < 4.78 is 0. The predicted molar refractivity (Wildman–Crippen MR) is 44.5 cm³/mol. The summed E-state index contributed by atoms with van der Waals surface area (Å²) in [4.78, 5) is 23.9. The van der Waals surface area contributed by atoms with Gasteiger partial charge in [-0.3, -0.25) is 9.59 Å². The highest BCUT2D eigenvalue weighted by atomic mass is 16.2. The molecule has 0 aromatic carbocycles. The molecule has 2 amide bonds. The smallest absolute Gasteiger partial charge is 0.242 e. The molecular weight excluding hydrogens is 156 g/mol. The molecular formula is C8H14N2O2. The lowest BCUT2D eigenvalue weighted by atomic mass is 10.3. The molecule has 0 saturated carbocycles. The average Bonchev–Trinajstić information content (AvgIpc) is 2.14. The Labute approximate surface area is 71.9 Å². The van der Waals surface area contributed by atoms with Crippen LogP contribution in [0.1, 0.15) is 20.3 Å². The van der Waals surface area contributed by atoms with E-state index < -0.39 is 0 Å². The molecule has 0 spiro atoms. The quantitative estimate of drug-likeness (QED) is 0.589. The van der Waals surface area contributed by atoms with Crippen molar-refractivity contribution in [2.24, 2.45) is 0 Å². The minimum atomic E-state index is -0.0356. The van der Waals surface area contributed by atoms with E-state index in [1.807, 2.05) is 13.8 Å². The summed E-state index contributed by atoms with van der Waals surface area (Å²) in [7, 11) is 0. The molecule has 0 radical (unpaired) electrons. The molecule has 0 bridgehead atoms. The van der Waals surface area contributed by atoms with Crippen LogP contribution in [0.2, 0.25) is 0 Å². The molecule has 12 heavy (non-hydrogen) atoms. The topological polar surface area (TPSA) is 49.4 Å². The first-order valence-corrected chi connectivity index (χ1v) is 4.17. The van der Waals surface area contributed by atoms with Crippen molar-refractivity contribution in [2.45, 2.75) is 26.3 Å². The van der Waals surface area contributed by atoms with Crippen molar-refractivity contribution in [3.63, 3.8) is 0 Å². The lowest BCUT2D eigenvalue weighted by Gasteiger charge is -2.23. The number of amides is 2. The van der Waals surface area contributed by atoms with Crippen molar-refractivity contribution in [2.75, 3.05) is 13.1 Å². The van der Waals surface area contributed by atoms with Gasteiger partial charge in [-0.2, -0.15) is 0 Å². The molecule has 1 heterocycles. The van der Waals surface area contributed by atoms with Crippen molar-refractivity contribution >= 4 is 11.8 Å². The Kier molecular flexibility index (Phi) is 2.68. The third kappa shape index (κ3) is 1.96. The summed E-state index contributed by atoms with van der Waals surface area (Å²) in [6.07, 6.45) is 0.421. The van der Waals surface area contributed by atoms with Gasteiger partial charge < -0.3 is 10.2 Å². The molecule has 1 fully saturated rings. The molecule has 0 atom stereocenters. The number of carbonyl (C=O) groups excluding carboxylic acids is 2. The Bertz CT molecular complexity index is 201. The number of nitrogens with one attached hydrogen (secondary N) is 1. The van der Waals surface area contributed by atoms with Crippen LogP contribution in [0, 0.1) is 0 Å². The van der Waals surface area contributed by atoms with Crippen LogP contribution in [0.25, 0.3) is 0 Å². The first kappa shape index (κ1) is 9.03. The van der Waals surface area contributed by atoms with Gasteiger partial charge in [-0.25, -0.2) is 0 Å². The normalized spacial score (nSPS) is 19.4. The van der Waals surface area contributed by atoms with Crippen molar-refractivity contribution in [3.05, 3.63) is 0 Å². The van der Waals surface area contributed by atoms with E-state index in [9.17, 15) is 9.59 Å². The molecule has 4 heteroatoms. The van der Waals surface area contributed by atoms with Crippen LogP contribution in [0.5, 0.6) is 0 Å². The van der Waals surface area contributed by atoms with Crippen molar-refractivity contribution in [3.8, 4) is 0 Å². The van der Waals surface area contributed by atoms with Crippen LogP contribution in [0.3, 0.4) is 0 Å². The molecule has 4 nitrogen and oxygen atoms in total. The second kappa shape index (κ2) is 3.56. The van der Waals surface area contributed by atoms with Gasteiger partial charge >= 0.3 is 0 Å². The lowest BCUT2D eigenvalue weighted by molar-refractivity contribution is -0.131. The monoisotopic (exact) mass is 170 g/mol. The number of hydrogen-bond donors (Lipinski definition) is 1. The fourth-order valence-corrected chi connectivity index (χ4v) is 1.26. The number of nitrogens with zero attached hydrogens (tertiary/aromatic N) is 1. The zero-order valence-corrected chi connectivity index (χ0v) is 7.46. The lowest BCUT2D eigenvalue weighted by Crippen LogP contribution is -2.39. The van der Waals surface area contributed by atoms with Crippen LogP contribution in [-0.4, -0.2) is 35.8 Å². The van der Waals surface area contributed by atoms with Crippen LogP contribution in [0.15, 0.2) is 0 Å². The first-order valence-electron chi connectivity index (χ1n) is 4.17. The molecule has 0 aliphatic carbocycles. The van der Waals surface area contributed by atoms with Gasteiger partial charge in [-0.15, -0.1) is 0 Å². The summed E-state index contributed by atoms with van der Waals surface area (Å²) >= 11 is 0. The largest absolute Gasteiger partial charge is 0.347 e. The van der Waals surface area contributed by atoms with Crippen molar-refractivity contribution in [1.29, 1.82) is 0 Å². The molecule has 1 aliphatic rings. The standard InChI is InChI=1S/C8H14N2O2/c1-6(2)10-4-3-7(11)9-5-8(10)12/h6H,3-5H2,1-2H3,(H,9,11). The summed E-state index contributed by atoms with van der Waals surface area (Å²) in [5, 5.41) is 2.55. The van der Waals surface area contributed by atoms with E-state index in [1.165, 1.54) is 0 Å². The van der Waals surface area contributed by atoms with E-state index in [2.05, 4.69) is 5.32 Å². The molecule has 0 unspecified atom stereocenters. The highest BCUT2D eigenvalue weighted by Crippen LogP contribution is 2.02. The molecule has 1 saturated heterocycles. The highest BCUT2D eigenvalue weighted by molar-refractivity contribution is 5.87. The molecule has 68 valence electrons. The van der Waals surface area contributed by atoms with Gasteiger partial charge in [-0.1, -0.05) is 0 Å². The van der Waals surface area contributed by atoms with Crippen molar-refractivity contribution in [1.82, 2.24) is 10.2 Å². The van der Waals surface area contributed by atoms with E-state index >= 15 is 0 Å². The minimum absolute atomic E-state index is 0.0100. The maximum atomic E-state index is 11.3. The van der Waals surface area contributed by atoms with Crippen LogP contribution < -0.4 is 5.32 Å². The third-order valence-electron chi connectivity index (χ3n) is 1.96. The summed E-state index contributed by atoms with van der Waals surface area (Å²) in [6, 6.07) is 0.185. The fourth-order valence-electron chi connectivity index (χ4n) is 1.26. The maximum Gasteiger partial charge on any atom is 0.242 e. The van der Waals surface area contributed by atoms with Crippen LogP contribution in [0.4, 0.5) is 0 Å². The Morgan fingerprint density at radius 2 is 2.08 bits per heavy atom. The molecule has 1 rings (SSSR count). The van der Waals surface area contributed by atoms with Gasteiger partial charge in [-0.05, 0) is 13.8 Å². The Morgan fingerprint density at radius 1 is 1.42 bits per heavy atom. The first-order chi connectivity index (χ1) is 5.61. The number of hydrogen-bond acceptors (Lipinski definition) is 2. The third-order valence-corrected chi connectivity index (χ3v) is 1.96. The SMILES string of the molecule is CC(C)N1CCC(=O)NCC1=O. The Balaban J connectivity index is 2.62. The van der Waals surface area contributed by atoms with E-state index in [-0.39, 0.29) is 24.4 Å². The van der Waals surface area contributed by atoms with Crippen molar-refractivity contribution < 1.29 is 9.59 Å². The van der Waals surface area contributed by atoms with Gasteiger partial charge in [0, 0.05) is 19.0 Å². The highest BCUT2D eigenvalue weighted by Gasteiger charge is 2.21. The van der Waals surface area contributed by atoms with E-state index in [0.717, 1.165) is 0 Å². The molecule has 0 aromatic heterocycles. The van der Waals surface area contributed by atoms with Crippen LogP contribution in [-0.2, 0) is 9.59 Å². The van der Waals surface area contributed by atoms with Crippen LogP contribution >= 0.6 is 0 Å². The van der Waals surface area contributed by atoms with E-state index in [0.29, 0.717) is 13.0 Å². The molecule has 1 aliphatic heterocycles. The molecule has 1 N–H and O–H groups in total. The summed E-state index contributed by atoms with van der Waals surface area (Å²) in [5.41, 5.74) is 0. The minimum Gasteiger partial charge on any atom is -0.347 e.